The van der Waals surface area contributed by atoms with Crippen LogP contribution in [-0.2, 0) is 5.75 Å². The van der Waals surface area contributed by atoms with Gasteiger partial charge >= 0.3 is 0 Å². The van der Waals surface area contributed by atoms with E-state index >= 15 is 0 Å². The summed E-state index contributed by atoms with van der Waals surface area (Å²) in [6.07, 6.45) is 0. The SMILES string of the molecule is COc1ccc(N)c(SCc2nc(C)c(C)s2)c1. The van der Waals surface area contributed by atoms with E-state index in [0.29, 0.717) is 0 Å². The van der Waals surface area contributed by atoms with Gasteiger partial charge in [-0.05, 0) is 32.0 Å². The Balaban J connectivity index is 2.10. The zero-order valence-corrected chi connectivity index (χ0v) is 12.3. The van der Waals surface area contributed by atoms with Gasteiger partial charge in [-0.3, -0.25) is 0 Å². The van der Waals surface area contributed by atoms with Gasteiger partial charge in [0.15, 0.2) is 0 Å². The molecule has 0 aliphatic carbocycles. The Morgan fingerprint density at radius 1 is 1.39 bits per heavy atom. The predicted molar refractivity (Wildman–Crippen MR) is 78.6 cm³/mol. The fourth-order valence-electron chi connectivity index (χ4n) is 1.51. The minimum absolute atomic E-state index is 0.783. The van der Waals surface area contributed by atoms with Crippen LogP contribution in [0.25, 0.3) is 0 Å². The van der Waals surface area contributed by atoms with Crippen LogP contribution >= 0.6 is 23.1 Å². The van der Waals surface area contributed by atoms with E-state index in [1.807, 2.05) is 25.1 Å². The third-order valence-corrected chi connectivity index (χ3v) is 4.98. The number of aryl methyl sites for hydroxylation is 2. The maximum absolute atomic E-state index is 5.95. The van der Waals surface area contributed by atoms with Gasteiger partial charge in [-0.15, -0.1) is 23.1 Å². The summed E-state index contributed by atoms with van der Waals surface area (Å²) in [4.78, 5) is 6.85. The summed E-state index contributed by atoms with van der Waals surface area (Å²) in [5.74, 6) is 1.68. The van der Waals surface area contributed by atoms with Crippen molar-refractivity contribution < 1.29 is 4.74 Å². The van der Waals surface area contributed by atoms with Gasteiger partial charge in [0, 0.05) is 15.5 Å². The molecule has 0 saturated heterocycles. The maximum Gasteiger partial charge on any atom is 0.120 e. The Morgan fingerprint density at radius 2 is 2.17 bits per heavy atom. The highest BCUT2D eigenvalue weighted by Crippen LogP contribution is 2.32. The average Bonchev–Trinajstić information content (AvgIpc) is 2.68. The topological polar surface area (TPSA) is 48.1 Å². The summed E-state index contributed by atoms with van der Waals surface area (Å²) in [7, 11) is 1.66. The molecule has 1 heterocycles. The maximum atomic E-state index is 5.95. The van der Waals surface area contributed by atoms with Crippen molar-refractivity contribution in [3.63, 3.8) is 0 Å². The van der Waals surface area contributed by atoms with Crippen molar-refractivity contribution >= 4 is 28.8 Å². The van der Waals surface area contributed by atoms with Gasteiger partial charge in [0.05, 0.1) is 18.6 Å². The number of nitrogens with two attached hydrogens (primary N) is 1. The van der Waals surface area contributed by atoms with Crippen LogP contribution in [0.2, 0.25) is 0 Å². The van der Waals surface area contributed by atoms with Crippen LogP contribution in [0.4, 0.5) is 5.69 Å². The first kappa shape index (κ1) is 13.2. The van der Waals surface area contributed by atoms with Gasteiger partial charge in [-0.2, -0.15) is 0 Å². The molecule has 2 N–H and O–H groups in total. The highest BCUT2D eigenvalue weighted by Gasteiger charge is 2.07. The van der Waals surface area contributed by atoms with Gasteiger partial charge < -0.3 is 10.5 Å². The van der Waals surface area contributed by atoms with Gasteiger partial charge in [0.25, 0.3) is 0 Å². The summed E-state index contributed by atoms with van der Waals surface area (Å²) in [5, 5.41) is 1.14. The summed E-state index contributed by atoms with van der Waals surface area (Å²) in [6, 6.07) is 5.71. The van der Waals surface area contributed by atoms with Crippen molar-refractivity contribution in [1.82, 2.24) is 4.98 Å². The Bertz CT molecular complexity index is 532. The molecule has 0 radical (unpaired) electrons. The molecule has 2 rings (SSSR count). The summed E-state index contributed by atoms with van der Waals surface area (Å²) >= 11 is 3.44. The molecule has 0 amide bonds. The lowest BCUT2D eigenvalue weighted by atomic mass is 10.3. The normalized spacial score (nSPS) is 10.6. The van der Waals surface area contributed by atoms with Crippen LogP contribution in [0.5, 0.6) is 5.75 Å². The molecule has 0 aliphatic heterocycles. The molecule has 0 bridgehead atoms. The van der Waals surface area contributed by atoms with Crippen molar-refractivity contribution in [2.75, 3.05) is 12.8 Å². The summed E-state index contributed by atoms with van der Waals surface area (Å²) < 4.78 is 5.20. The second-order valence-electron chi connectivity index (χ2n) is 3.94. The number of hydrogen-bond donors (Lipinski definition) is 1. The first-order valence-electron chi connectivity index (χ1n) is 5.59. The van der Waals surface area contributed by atoms with E-state index in [-0.39, 0.29) is 0 Å². The van der Waals surface area contributed by atoms with Crippen LogP contribution in [0.15, 0.2) is 23.1 Å². The van der Waals surface area contributed by atoms with Crippen molar-refractivity contribution in [2.45, 2.75) is 24.5 Å². The zero-order chi connectivity index (χ0) is 13.1. The van der Waals surface area contributed by atoms with Crippen LogP contribution < -0.4 is 10.5 Å². The molecular weight excluding hydrogens is 264 g/mol. The third-order valence-electron chi connectivity index (χ3n) is 2.64. The second-order valence-corrected chi connectivity index (χ2v) is 6.25. The lowest BCUT2D eigenvalue weighted by Gasteiger charge is -2.06. The van der Waals surface area contributed by atoms with Gasteiger partial charge in [-0.1, -0.05) is 0 Å². The molecule has 5 heteroatoms. The molecular formula is C13H16N2OS2. The summed E-state index contributed by atoms with van der Waals surface area (Å²) in [6.45, 7) is 4.14. The molecule has 0 unspecified atom stereocenters. The number of thioether (sulfide) groups is 1. The van der Waals surface area contributed by atoms with Gasteiger partial charge in [0.1, 0.15) is 10.8 Å². The van der Waals surface area contributed by atoms with Crippen LogP contribution in [-0.4, -0.2) is 12.1 Å². The number of ether oxygens (including phenoxy) is 1. The zero-order valence-electron chi connectivity index (χ0n) is 10.7. The molecule has 0 saturated carbocycles. The van der Waals surface area contributed by atoms with E-state index in [4.69, 9.17) is 10.5 Å². The van der Waals surface area contributed by atoms with Crippen molar-refractivity contribution in [3.8, 4) is 5.75 Å². The van der Waals surface area contributed by atoms with Crippen LogP contribution in [0.1, 0.15) is 15.6 Å². The number of methoxy groups -OCH3 is 1. The van der Waals surface area contributed by atoms with Crippen molar-refractivity contribution in [3.05, 3.63) is 33.8 Å². The quantitative estimate of drug-likeness (QED) is 0.686. The number of thiazole rings is 1. The van der Waals surface area contributed by atoms with Crippen molar-refractivity contribution in [2.24, 2.45) is 0 Å². The fourth-order valence-corrected chi connectivity index (χ4v) is 3.43. The van der Waals surface area contributed by atoms with Crippen LogP contribution in [0.3, 0.4) is 0 Å². The van der Waals surface area contributed by atoms with Gasteiger partial charge in [-0.25, -0.2) is 4.98 Å². The first-order valence-corrected chi connectivity index (χ1v) is 7.39. The molecule has 1 aromatic carbocycles. The predicted octanol–water partition coefficient (Wildman–Crippen LogP) is 3.64. The van der Waals surface area contributed by atoms with E-state index in [1.165, 1.54) is 4.88 Å². The first-order chi connectivity index (χ1) is 8.60. The minimum Gasteiger partial charge on any atom is -0.497 e. The Labute approximate surface area is 115 Å². The molecule has 2 aromatic rings. The molecule has 0 aliphatic rings. The number of nitrogen functional groups attached to an aromatic ring is 1. The van der Waals surface area contributed by atoms with E-state index in [9.17, 15) is 0 Å². The van der Waals surface area contributed by atoms with Gasteiger partial charge in [0.2, 0.25) is 0 Å². The third kappa shape index (κ3) is 2.97. The average molecular weight is 280 g/mol. The Hall–Kier alpha value is -1.20. The lowest BCUT2D eigenvalue weighted by molar-refractivity contribution is 0.414. The number of benzene rings is 1. The highest BCUT2D eigenvalue weighted by atomic mass is 32.2. The van der Waals surface area contributed by atoms with E-state index < -0.39 is 0 Å². The standard InChI is InChI=1S/C13H16N2OS2/c1-8-9(2)18-13(15-8)7-17-12-6-10(16-3)4-5-11(12)14/h4-6H,7,14H2,1-3H3. The highest BCUT2D eigenvalue weighted by molar-refractivity contribution is 7.98. The second kappa shape index (κ2) is 5.63. The molecule has 96 valence electrons. The summed E-state index contributed by atoms with van der Waals surface area (Å²) in [5.41, 5.74) is 7.85. The monoisotopic (exact) mass is 280 g/mol. The fraction of sp³-hybridized carbons (Fsp3) is 0.308. The lowest BCUT2D eigenvalue weighted by Crippen LogP contribution is -1.91. The number of nitrogens with zero attached hydrogens (tertiary/aromatic N) is 1. The molecule has 0 fully saturated rings. The minimum atomic E-state index is 0.783. The Morgan fingerprint density at radius 3 is 2.78 bits per heavy atom. The van der Waals surface area contributed by atoms with E-state index in [0.717, 1.165) is 32.8 Å². The number of rotatable bonds is 4. The molecule has 3 nitrogen and oxygen atoms in total. The molecule has 0 atom stereocenters. The van der Waals surface area contributed by atoms with Crippen LogP contribution in [0, 0.1) is 13.8 Å². The van der Waals surface area contributed by atoms with Crippen molar-refractivity contribution in [1.29, 1.82) is 0 Å². The number of hydrogen-bond acceptors (Lipinski definition) is 5. The van der Waals surface area contributed by atoms with E-state index in [1.54, 1.807) is 30.2 Å². The van der Waals surface area contributed by atoms with E-state index in [2.05, 4.69) is 11.9 Å². The molecule has 0 spiro atoms. The smallest absolute Gasteiger partial charge is 0.120 e. The number of aromatic nitrogens is 1. The molecule has 18 heavy (non-hydrogen) atoms. The molecule has 1 aromatic heterocycles. The Kier molecular flexibility index (Phi) is 4.14. The largest absolute Gasteiger partial charge is 0.497 e. The number of anilines is 1.